The number of methoxy groups -OCH3 is 1. The summed E-state index contributed by atoms with van der Waals surface area (Å²) in [6.07, 6.45) is 0. The van der Waals surface area contributed by atoms with Crippen molar-refractivity contribution < 1.29 is 9.53 Å². The molecule has 2 nitrogen and oxygen atoms in total. The molecule has 0 aliphatic heterocycles. The normalized spacial score (nSPS) is 10.1. The maximum atomic E-state index is 11.4. The van der Waals surface area contributed by atoms with Crippen LogP contribution in [-0.2, 0) is 15.4 Å². The Labute approximate surface area is 114 Å². The molecule has 0 spiro atoms. The summed E-state index contributed by atoms with van der Waals surface area (Å²) in [6.45, 7) is 0. The van der Waals surface area contributed by atoms with Gasteiger partial charge in [0.2, 0.25) is 0 Å². The summed E-state index contributed by atoms with van der Waals surface area (Å²) in [7, 11) is 1.38. The van der Waals surface area contributed by atoms with E-state index in [9.17, 15) is 4.79 Å². The molecule has 1 aromatic rings. The summed E-state index contributed by atoms with van der Waals surface area (Å²) in [5.41, 5.74) is 2.77. The van der Waals surface area contributed by atoms with Gasteiger partial charge in [-0.25, -0.2) is 4.79 Å². The van der Waals surface area contributed by atoms with Gasteiger partial charge in [0.25, 0.3) is 0 Å². The van der Waals surface area contributed by atoms with Crippen LogP contribution in [0, 0.1) is 0 Å². The van der Waals surface area contributed by atoms with E-state index in [1.165, 1.54) is 7.11 Å². The van der Waals surface area contributed by atoms with Crippen LogP contribution in [-0.4, -0.2) is 13.1 Å². The van der Waals surface area contributed by atoms with Crippen molar-refractivity contribution in [1.29, 1.82) is 0 Å². The Kier molecular flexibility index (Phi) is 5.29. The lowest BCUT2D eigenvalue weighted by Gasteiger charge is -2.09. The molecule has 0 aliphatic carbocycles. The van der Waals surface area contributed by atoms with Gasteiger partial charge in [-0.05, 0) is 23.3 Å². The molecule has 0 unspecified atom stereocenters. The van der Waals surface area contributed by atoms with Gasteiger partial charge in [0, 0.05) is 15.1 Å². The van der Waals surface area contributed by atoms with Gasteiger partial charge in [-0.1, -0.05) is 47.8 Å². The van der Waals surface area contributed by atoms with Crippen molar-refractivity contribution >= 4 is 53.8 Å². The van der Waals surface area contributed by atoms with Gasteiger partial charge in [0.05, 0.1) is 12.7 Å². The Hall–Kier alpha value is 0.130. The molecule has 0 saturated heterocycles. The number of halogens is 3. The van der Waals surface area contributed by atoms with Gasteiger partial charge >= 0.3 is 5.97 Å². The lowest BCUT2D eigenvalue weighted by Crippen LogP contribution is -2.03. The number of carbonyl (C=O) groups is 1. The minimum Gasteiger partial charge on any atom is -0.465 e. The number of hydrogen-bond donors (Lipinski definition) is 0. The standard InChI is InChI=1S/C10H9Br3O2/c1-15-10(14)6-2-7(4-11)8(5-12)9(13)3-6/h2-3H,4-5H2,1H3. The fraction of sp³-hybridized carbons (Fsp3) is 0.300. The van der Waals surface area contributed by atoms with Crippen molar-refractivity contribution in [1.82, 2.24) is 0 Å². The smallest absolute Gasteiger partial charge is 0.337 e. The number of benzene rings is 1. The molecule has 0 bridgehead atoms. The number of ether oxygens (including phenoxy) is 1. The molecule has 0 atom stereocenters. The molecule has 1 rings (SSSR count). The van der Waals surface area contributed by atoms with Crippen molar-refractivity contribution in [2.24, 2.45) is 0 Å². The number of hydrogen-bond acceptors (Lipinski definition) is 2. The van der Waals surface area contributed by atoms with E-state index in [4.69, 9.17) is 0 Å². The summed E-state index contributed by atoms with van der Waals surface area (Å²) in [5, 5.41) is 1.45. The molecular weight excluding hydrogens is 392 g/mol. The van der Waals surface area contributed by atoms with E-state index < -0.39 is 0 Å². The Bertz CT molecular complexity index is 377. The van der Waals surface area contributed by atoms with Gasteiger partial charge in [0.15, 0.2) is 0 Å². The Morgan fingerprint density at radius 1 is 1.33 bits per heavy atom. The molecule has 1 aromatic carbocycles. The zero-order valence-corrected chi connectivity index (χ0v) is 12.8. The first-order valence-corrected chi connectivity index (χ1v) is 7.19. The molecule has 0 aliphatic rings. The van der Waals surface area contributed by atoms with E-state index in [0.717, 1.165) is 20.9 Å². The van der Waals surface area contributed by atoms with Crippen LogP contribution in [0.2, 0.25) is 0 Å². The van der Waals surface area contributed by atoms with Crippen LogP contribution in [0.4, 0.5) is 0 Å². The minimum atomic E-state index is -0.320. The van der Waals surface area contributed by atoms with Gasteiger partial charge in [-0.15, -0.1) is 0 Å². The molecule has 82 valence electrons. The Morgan fingerprint density at radius 3 is 2.47 bits per heavy atom. The summed E-state index contributed by atoms with van der Waals surface area (Å²) >= 11 is 10.2. The third-order valence-electron chi connectivity index (χ3n) is 1.99. The zero-order chi connectivity index (χ0) is 11.4. The molecular formula is C10H9Br3O2. The molecule has 0 radical (unpaired) electrons. The largest absolute Gasteiger partial charge is 0.465 e. The van der Waals surface area contributed by atoms with Crippen molar-refractivity contribution in [3.8, 4) is 0 Å². The maximum absolute atomic E-state index is 11.4. The third kappa shape index (κ3) is 3.04. The van der Waals surface area contributed by atoms with Crippen LogP contribution >= 0.6 is 47.8 Å². The fourth-order valence-corrected chi connectivity index (χ4v) is 3.38. The van der Waals surface area contributed by atoms with Crippen LogP contribution in [0.1, 0.15) is 21.5 Å². The van der Waals surface area contributed by atoms with Crippen LogP contribution in [0.3, 0.4) is 0 Å². The summed E-state index contributed by atoms with van der Waals surface area (Å²) in [4.78, 5) is 11.4. The second-order valence-electron chi connectivity index (χ2n) is 2.85. The number of rotatable bonds is 3. The van der Waals surface area contributed by atoms with Crippen molar-refractivity contribution in [2.75, 3.05) is 7.11 Å². The molecule has 0 heterocycles. The first-order chi connectivity index (χ1) is 7.13. The van der Waals surface area contributed by atoms with Crippen molar-refractivity contribution in [2.45, 2.75) is 10.7 Å². The van der Waals surface area contributed by atoms with Gasteiger partial charge in [0.1, 0.15) is 0 Å². The van der Waals surface area contributed by atoms with E-state index in [-0.39, 0.29) is 5.97 Å². The number of esters is 1. The van der Waals surface area contributed by atoms with Crippen LogP contribution in [0.15, 0.2) is 16.6 Å². The summed E-state index contributed by atoms with van der Waals surface area (Å²) < 4.78 is 5.59. The highest BCUT2D eigenvalue weighted by Crippen LogP contribution is 2.27. The molecule has 0 saturated carbocycles. The average molecular weight is 401 g/mol. The number of alkyl halides is 2. The molecule has 0 N–H and O–H groups in total. The topological polar surface area (TPSA) is 26.3 Å². The molecule has 5 heteroatoms. The van der Waals surface area contributed by atoms with E-state index in [1.54, 1.807) is 6.07 Å². The van der Waals surface area contributed by atoms with Gasteiger partial charge in [-0.2, -0.15) is 0 Å². The Morgan fingerprint density at radius 2 is 2.00 bits per heavy atom. The van der Waals surface area contributed by atoms with Crippen molar-refractivity contribution in [3.63, 3.8) is 0 Å². The van der Waals surface area contributed by atoms with E-state index in [0.29, 0.717) is 10.9 Å². The third-order valence-corrected chi connectivity index (χ3v) is 3.86. The first-order valence-electron chi connectivity index (χ1n) is 4.15. The second-order valence-corrected chi connectivity index (χ2v) is 4.83. The molecule has 0 fully saturated rings. The summed E-state index contributed by atoms with van der Waals surface area (Å²) in [6, 6.07) is 3.61. The molecule has 0 aromatic heterocycles. The van der Waals surface area contributed by atoms with Crippen molar-refractivity contribution in [3.05, 3.63) is 33.3 Å². The van der Waals surface area contributed by atoms with Crippen LogP contribution in [0.25, 0.3) is 0 Å². The highest BCUT2D eigenvalue weighted by atomic mass is 79.9. The van der Waals surface area contributed by atoms with Gasteiger partial charge < -0.3 is 4.74 Å². The van der Waals surface area contributed by atoms with E-state index in [2.05, 4.69) is 52.5 Å². The average Bonchev–Trinajstić information content (AvgIpc) is 2.26. The van der Waals surface area contributed by atoms with Crippen LogP contribution < -0.4 is 0 Å². The van der Waals surface area contributed by atoms with E-state index >= 15 is 0 Å². The first kappa shape index (κ1) is 13.2. The number of carbonyl (C=O) groups excluding carboxylic acids is 1. The monoisotopic (exact) mass is 398 g/mol. The lowest BCUT2D eigenvalue weighted by atomic mass is 10.1. The predicted octanol–water partition coefficient (Wildman–Crippen LogP) is 4.03. The molecule has 0 amide bonds. The van der Waals surface area contributed by atoms with Crippen LogP contribution in [0.5, 0.6) is 0 Å². The quantitative estimate of drug-likeness (QED) is 0.565. The maximum Gasteiger partial charge on any atom is 0.337 e. The Balaban J connectivity index is 3.25. The predicted molar refractivity (Wildman–Crippen MR) is 70.7 cm³/mol. The summed E-state index contributed by atoms with van der Waals surface area (Å²) in [5.74, 6) is -0.320. The van der Waals surface area contributed by atoms with E-state index in [1.807, 2.05) is 6.07 Å². The SMILES string of the molecule is COC(=O)c1cc(Br)c(CBr)c(CBr)c1. The highest BCUT2D eigenvalue weighted by molar-refractivity contribution is 9.10. The second kappa shape index (κ2) is 6.01. The minimum absolute atomic E-state index is 0.320. The fourth-order valence-electron chi connectivity index (χ4n) is 1.20. The molecule has 15 heavy (non-hydrogen) atoms. The van der Waals surface area contributed by atoms with Gasteiger partial charge in [-0.3, -0.25) is 0 Å². The highest BCUT2D eigenvalue weighted by Gasteiger charge is 2.12. The zero-order valence-electron chi connectivity index (χ0n) is 8.02. The lowest BCUT2D eigenvalue weighted by molar-refractivity contribution is 0.0600.